The Hall–Kier alpha value is -9.60. The summed E-state index contributed by atoms with van der Waals surface area (Å²) in [5.74, 6) is -2.05. The maximum atomic E-state index is 13.8. The first-order valence-electron chi connectivity index (χ1n) is 22.1. The number of nitrogens with zero attached hydrogens (tertiary/aromatic N) is 3. The van der Waals surface area contributed by atoms with Gasteiger partial charge in [0, 0.05) is 16.7 Å². The third-order valence-electron chi connectivity index (χ3n) is 11.3. The van der Waals surface area contributed by atoms with Crippen LogP contribution in [-0.4, -0.2) is 32.9 Å². The Morgan fingerprint density at radius 1 is 0.261 bits per heavy atom. The second-order valence-corrected chi connectivity index (χ2v) is 15.9. The van der Waals surface area contributed by atoms with Gasteiger partial charge in [-0.1, -0.05) is 164 Å². The van der Waals surface area contributed by atoms with Crippen molar-refractivity contribution in [3.8, 4) is 84.4 Å². The van der Waals surface area contributed by atoms with Crippen molar-refractivity contribution in [2.24, 2.45) is 0 Å². The summed E-state index contributed by atoms with van der Waals surface area (Å²) < 4.78 is 17.2. The van der Waals surface area contributed by atoms with Gasteiger partial charge >= 0.3 is 17.9 Å². The predicted molar refractivity (Wildman–Crippen MR) is 267 cm³/mol. The van der Waals surface area contributed by atoms with Gasteiger partial charge in [0.2, 0.25) is 0 Å². The predicted octanol–water partition coefficient (Wildman–Crippen LogP) is 13.5. The van der Waals surface area contributed by atoms with Gasteiger partial charge in [-0.2, -0.15) is 0 Å². The smallest absolute Gasteiger partial charge is 0.343 e. The summed E-state index contributed by atoms with van der Waals surface area (Å²) in [4.78, 5) is 54.9. The molecule has 3 heterocycles. The van der Waals surface area contributed by atoms with E-state index in [1.807, 2.05) is 164 Å². The number of carbonyl (C=O) groups is 3. The van der Waals surface area contributed by atoms with Crippen molar-refractivity contribution in [3.05, 3.63) is 254 Å². The van der Waals surface area contributed by atoms with E-state index in [4.69, 9.17) is 14.2 Å². The molecule has 0 atom stereocenters. The number of ether oxygens (including phenoxy) is 3. The van der Waals surface area contributed by atoms with Gasteiger partial charge in [0.05, 0.1) is 52.4 Å². The van der Waals surface area contributed by atoms with Crippen molar-refractivity contribution >= 4 is 17.9 Å². The number of aromatic nitrogens is 3. The summed E-state index contributed by atoms with van der Waals surface area (Å²) in [7, 11) is 0. The molecule has 0 aliphatic carbocycles. The molecule has 330 valence electrons. The maximum absolute atomic E-state index is 13.8. The van der Waals surface area contributed by atoms with E-state index in [1.165, 1.54) is 36.8 Å². The maximum Gasteiger partial charge on any atom is 0.343 e. The zero-order valence-electron chi connectivity index (χ0n) is 36.8. The highest BCUT2D eigenvalue weighted by Crippen LogP contribution is 2.29. The van der Waals surface area contributed by atoms with Crippen LogP contribution in [0.15, 0.2) is 237 Å². The molecule has 0 aliphatic heterocycles. The molecule has 0 saturated carbocycles. The highest BCUT2D eigenvalue weighted by Gasteiger charge is 2.21. The summed E-state index contributed by atoms with van der Waals surface area (Å²) >= 11 is 0. The molecule has 0 spiro atoms. The Balaban J connectivity index is 0.864. The summed E-state index contributed by atoms with van der Waals surface area (Å²) in [6, 6.07) is 68.2. The fraction of sp³-hybridized carbons (Fsp3) is 0. The fourth-order valence-electron chi connectivity index (χ4n) is 7.71. The molecule has 0 aliphatic rings. The van der Waals surface area contributed by atoms with E-state index in [0.29, 0.717) is 17.1 Å². The average molecular weight is 898 g/mol. The number of pyridine rings is 3. The van der Waals surface area contributed by atoms with E-state index in [9.17, 15) is 14.4 Å². The van der Waals surface area contributed by atoms with E-state index in [1.54, 1.807) is 36.4 Å². The van der Waals surface area contributed by atoms with Crippen LogP contribution in [0.5, 0.6) is 17.2 Å². The second kappa shape index (κ2) is 19.9. The van der Waals surface area contributed by atoms with Crippen LogP contribution in [-0.2, 0) is 0 Å². The molecule has 69 heavy (non-hydrogen) atoms. The van der Waals surface area contributed by atoms with Crippen molar-refractivity contribution in [1.82, 2.24) is 15.0 Å². The molecular formula is C60H39N3O6. The molecule has 7 aromatic carbocycles. The lowest BCUT2D eigenvalue weighted by molar-refractivity contribution is 0.0734. The van der Waals surface area contributed by atoms with Crippen LogP contribution in [0.25, 0.3) is 67.2 Å². The minimum Gasteiger partial charge on any atom is -0.421 e. The summed E-state index contributed by atoms with van der Waals surface area (Å²) in [6.45, 7) is 0. The van der Waals surface area contributed by atoms with Crippen LogP contribution < -0.4 is 14.2 Å². The van der Waals surface area contributed by atoms with E-state index in [2.05, 4.69) is 15.0 Å². The van der Waals surface area contributed by atoms with Crippen LogP contribution in [0.2, 0.25) is 0 Å². The van der Waals surface area contributed by atoms with Gasteiger partial charge in [0.1, 0.15) is 17.2 Å². The zero-order chi connectivity index (χ0) is 46.9. The highest BCUT2D eigenvalue weighted by molar-refractivity contribution is 6.02. The molecule has 0 bridgehead atoms. The van der Waals surface area contributed by atoms with Gasteiger partial charge in [0.25, 0.3) is 0 Å². The molecule has 0 amide bonds. The molecule has 9 nitrogen and oxygen atoms in total. The van der Waals surface area contributed by atoms with Gasteiger partial charge in [-0.15, -0.1) is 0 Å². The number of hydrogen-bond acceptors (Lipinski definition) is 9. The minimum absolute atomic E-state index is 0.100. The van der Waals surface area contributed by atoms with Crippen molar-refractivity contribution in [2.45, 2.75) is 0 Å². The monoisotopic (exact) mass is 897 g/mol. The number of hydrogen-bond donors (Lipinski definition) is 0. The topological polar surface area (TPSA) is 118 Å². The first-order valence-corrected chi connectivity index (χ1v) is 22.1. The van der Waals surface area contributed by atoms with Crippen LogP contribution in [0.3, 0.4) is 0 Å². The molecule has 3 aromatic heterocycles. The third kappa shape index (κ3) is 10.3. The Bertz CT molecular complexity index is 3010. The largest absolute Gasteiger partial charge is 0.421 e. The van der Waals surface area contributed by atoms with E-state index in [-0.39, 0.29) is 33.9 Å². The lowest BCUT2D eigenvalue weighted by Gasteiger charge is -2.11. The minimum atomic E-state index is -0.839. The number of esters is 3. The lowest BCUT2D eigenvalue weighted by Crippen LogP contribution is -2.17. The Morgan fingerprint density at radius 2 is 0.493 bits per heavy atom. The van der Waals surface area contributed by atoms with E-state index < -0.39 is 17.9 Å². The second-order valence-electron chi connectivity index (χ2n) is 15.9. The Kier molecular flexibility index (Phi) is 12.5. The first kappa shape index (κ1) is 43.3. The van der Waals surface area contributed by atoms with Crippen LogP contribution >= 0.6 is 0 Å². The Labute approximate surface area is 398 Å². The number of carbonyl (C=O) groups excluding carboxylic acids is 3. The molecule has 0 saturated heterocycles. The molecule has 0 unspecified atom stereocenters. The standard InChI is InChI=1S/C60H39N3O6/c64-58(67-52-28-31-55(61-37-52)46-22-16-43(17-23-46)40-10-4-1-5-11-40)49-34-50(59(65)68-53-29-32-56(62-38-53)47-24-18-44(19-25-47)41-12-6-2-7-13-41)36-51(35-49)60(66)69-54-30-33-57(63-39-54)48-26-20-45(21-27-48)42-14-8-3-9-15-42/h1-39H. The van der Waals surface area contributed by atoms with E-state index >= 15 is 0 Å². The third-order valence-corrected chi connectivity index (χ3v) is 11.3. The van der Waals surface area contributed by atoms with Crippen molar-refractivity contribution in [2.75, 3.05) is 0 Å². The quantitative estimate of drug-likeness (QED) is 0.110. The van der Waals surface area contributed by atoms with Crippen molar-refractivity contribution < 1.29 is 28.6 Å². The zero-order valence-corrected chi connectivity index (χ0v) is 36.8. The van der Waals surface area contributed by atoms with Crippen LogP contribution in [0.1, 0.15) is 31.1 Å². The molecule has 0 radical (unpaired) electrons. The summed E-state index contributed by atoms with van der Waals surface area (Å²) in [5.41, 5.74) is 10.9. The van der Waals surface area contributed by atoms with Crippen molar-refractivity contribution in [3.63, 3.8) is 0 Å². The van der Waals surface area contributed by atoms with Crippen molar-refractivity contribution in [1.29, 1.82) is 0 Å². The van der Waals surface area contributed by atoms with Gasteiger partial charge < -0.3 is 14.2 Å². The van der Waals surface area contributed by atoms with Crippen LogP contribution in [0, 0.1) is 0 Å². The molecule has 10 rings (SSSR count). The van der Waals surface area contributed by atoms with Gasteiger partial charge in [-0.25, -0.2) is 14.4 Å². The Morgan fingerprint density at radius 3 is 0.725 bits per heavy atom. The highest BCUT2D eigenvalue weighted by atomic mass is 16.5. The van der Waals surface area contributed by atoms with Gasteiger partial charge in [-0.3, -0.25) is 15.0 Å². The van der Waals surface area contributed by atoms with Gasteiger partial charge in [0.15, 0.2) is 0 Å². The lowest BCUT2D eigenvalue weighted by atomic mass is 10.0. The summed E-state index contributed by atoms with van der Waals surface area (Å²) in [5, 5.41) is 0. The average Bonchev–Trinajstić information content (AvgIpc) is 3.42. The molecule has 9 heteroatoms. The first-order chi connectivity index (χ1) is 33.9. The summed E-state index contributed by atoms with van der Waals surface area (Å²) in [6.07, 6.45) is 4.32. The molecule has 0 N–H and O–H groups in total. The SMILES string of the molecule is O=C(Oc1ccc(-c2ccc(-c3ccccc3)cc2)nc1)c1cc(C(=O)Oc2ccc(-c3ccc(-c4ccccc4)cc3)nc2)cc(C(=O)Oc2ccc(-c3ccc(-c4ccccc4)cc3)nc2)c1. The number of benzene rings is 7. The molecule has 0 fully saturated rings. The fourth-order valence-corrected chi connectivity index (χ4v) is 7.71. The number of rotatable bonds is 12. The van der Waals surface area contributed by atoms with Gasteiger partial charge in [-0.05, 0) is 88.0 Å². The van der Waals surface area contributed by atoms with E-state index in [0.717, 1.165) is 50.1 Å². The normalized spacial score (nSPS) is 10.8. The van der Waals surface area contributed by atoms with Crippen LogP contribution in [0.4, 0.5) is 0 Å². The molecule has 10 aromatic rings. The molecular weight excluding hydrogens is 859 g/mol.